The second-order valence-electron chi connectivity index (χ2n) is 6.23. The van der Waals surface area contributed by atoms with Crippen molar-refractivity contribution in [2.24, 2.45) is 0 Å². The van der Waals surface area contributed by atoms with Crippen LogP contribution in [0.1, 0.15) is 38.1 Å². The van der Waals surface area contributed by atoms with E-state index < -0.39 is 11.8 Å². The number of nitrogens with one attached hydrogen (secondary N) is 2. The number of amides is 1. The number of quaternary nitrogens is 1. The zero-order chi connectivity index (χ0) is 20.8. The molecule has 1 heterocycles. The zero-order valence-electron chi connectivity index (χ0n) is 16.3. The van der Waals surface area contributed by atoms with Gasteiger partial charge in [-0.3, -0.25) is 4.79 Å². The fraction of sp³-hybridized carbons (Fsp3) is 0.368. The number of rotatable bonds is 8. The standard InChI is InChI=1S/C19H24FN3O4S/c1-5-27-19(25)15-12(16(18(24)22-2)28-17(15)21)10-23(3)9-11-6-7-14(26-4)13(20)8-11/h6-8H,5,9-10,21H2,1-4H3,(H,22,24)/p+1. The van der Waals surface area contributed by atoms with E-state index in [1.54, 1.807) is 19.1 Å². The van der Waals surface area contributed by atoms with Crippen molar-refractivity contribution in [3.8, 4) is 5.75 Å². The van der Waals surface area contributed by atoms with Gasteiger partial charge in [0, 0.05) is 18.2 Å². The van der Waals surface area contributed by atoms with Crippen molar-refractivity contribution >= 4 is 28.2 Å². The summed E-state index contributed by atoms with van der Waals surface area (Å²) < 4.78 is 24.0. The average Bonchev–Trinajstić information content (AvgIpc) is 2.97. The number of anilines is 1. The highest BCUT2D eigenvalue weighted by Crippen LogP contribution is 2.31. The Morgan fingerprint density at radius 2 is 2.04 bits per heavy atom. The zero-order valence-corrected chi connectivity index (χ0v) is 17.2. The number of methoxy groups -OCH3 is 1. The molecule has 0 spiro atoms. The van der Waals surface area contributed by atoms with Gasteiger partial charge >= 0.3 is 5.97 Å². The number of nitrogen functional groups attached to an aromatic ring is 1. The van der Waals surface area contributed by atoms with Crippen molar-refractivity contribution in [1.29, 1.82) is 0 Å². The molecule has 0 aliphatic rings. The summed E-state index contributed by atoms with van der Waals surface area (Å²) in [5.41, 5.74) is 7.53. The van der Waals surface area contributed by atoms with E-state index in [9.17, 15) is 14.0 Å². The molecule has 0 aliphatic heterocycles. The number of thiophene rings is 1. The van der Waals surface area contributed by atoms with Crippen LogP contribution < -0.4 is 20.7 Å². The predicted molar refractivity (Wildman–Crippen MR) is 105 cm³/mol. The second-order valence-corrected chi connectivity index (χ2v) is 7.28. The quantitative estimate of drug-likeness (QED) is 0.569. The molecule has 4 N–H and O–H groups in total. The third-order valence-corrected chi connectivity index (χ3v) is 5.21. The van der Waals surface area contributed by atoms with Gasteiger partial charge in [-0.05, 0) is 25.1 Å². The van der Waals surface area contributed by atoms with E-state index in [0.717, 1.165) is 21.8 Å². The van der Waals surface area contributed by atoms with E-state index in [-0.39, 0.29) is 28.8 Å². The van der Waals surface area contributed by atoms with Gasteiger partial charge in [0.1, 0.15) is 28.5 Å². The lowest BCUT2D eigenvalue weighted by molar-refractivity contribution is -0.907. The molecule has 1 atom stereocenters. The van der Waals surface area contributed by atoms with Crippen molar-refractivity contribution in [2.45, 2.75) is 20.0 Å². The molecule has 28 heavy (non-hydrogen) atoms. The minimum atomic E-state index is -0.551. The Kier molecular flexibility index (Phi) is 7.36. The first-order chi connectivity index (χ1) is 13.3. The lowest BCUT2D eigenvalue weighted by atomic mass is 10.1. The first kappa shape index (κ1) is 21.6. The maximum Gasteiger partial charge on any atom is 0.341 e. The summed E-state index contributed by atoms with van der Waals surface area (Å²) >= 11 is 1.06. The summed E-state index contributed by atoms with van der Waals surface area (Å²) in [7, 11) is 4.81. The van der Waals surface area contributed by atoms with Gasteiger partial charge < -0.3 is 25.4 Å². The maximum absolute atomic E-state index is 13.9. The van der Waals surface area contributed by atoms with Crippen LogP contribution in [-0.2, 0) is 17.8 Å². The summed E-state index contributed by atoms with van der Waals surface area (Å²) in [5.74, 6) is -1.13. The van der Waals surface area contributed by atoms with E-state index in [0.29, 0.717) is 23.5 Å². The van der Waals surface area contributed by atoms with Crippen LogP contribution in [0.25, 0.3) is 0 Å². The van der Waals surface area contributed by atoms with E-state index in [1.807, 2.05) is 7.05 Å². The lowest BCUT2D eigenvalue weighted by Gasteiger charge is -2.16. The monoisotopic (exact) mass is 410 g/mol. The van der Waals surface area contributed by atoms with Crippen molar-refractivity contribution in [1.82, 2.24) is 5.32 Å². The molecule has 0 aliphatic carbocycles. The molecule has 9 heteroatoms. The molecule has 1 unspecified atom stereocenters. The summed E-state index contributed by atoms with van der Waals surface area (Å²) in [5, 5.41) is 2.81. The molecule has 1 aromatic heterocycles. The Morgan fingerprint density at radius 3 is 2.61 bits per heavy atom. The van der Waals surface area contributed by atoms with Gasteiger partial charge in [0.15, 0.2) is 11.6 Å². The number of ether oxygens (including phenoxy) is 2. The summed E-state index contributed by atoms with van der Waals surface area (Å²) in [4.78, 5) is 25.9. The van der Waals surface area contributed by atoms with Crippen LogP contribution in [0.4, 0.5) is 9.39 Å². The predicted octanol–water partition coefficient (Wildman–Crippen LogP) is 1.23. The van der Waals surface area contributed by atoms with Gasteiger partial charge in [0.05, 0.1) is 20.8 Å². The Hall–Kier alpha value is -2.65. The third kappa shape index (κ3) is 4.79. The number of esters is 1. The normalized spacial score (nSPS) is 11.8. The van der Waals surface area contributed by atoms with E-state index >= 15 is 0 Å². The van der Waals surface area contributed by atoms with Crippen LogP contribution in [0.3, 0.4) is 0 Å². The molecule has 0 bridgehead atoms. The molecule has 0 saturated carbocycles. The minimum absolute atomic E-state index is 0.179. The minimum Gasteiger partial charge on any atom is -0.494 e. The van der Waals surface area contributed by atoms with Crippen molar-refractivity contribution in [3.05, 3.63) is 45.6 Å². The molecule has 0 fully saturated rings. The Bertz CT molecular complexity index is 869. The summed E-state index contributed by atoms with van der Waals surface area (Å²) in [6, 6.07) is 4.76. The molecule has 152 valence electrons. The van der Waals surface area contributed by atoms with Gasteiger partial charge in [-0.1, -0.05) is 0 Å². The van der Waals surface area contributed by atoms with Crippen molar-refractivity contribution in [2.75, 3.05) is 33.5 Å². The summed E-state index contributed by atoms with van der Waals surface area (Å²) in [6.45, 7) is 2.73. The topological polar surface area (TPSA) is 95.1 Å². The van der Waals surface area contributed by atoms with Crippen molar-refractivity contribution in [3.63, 3.8) is 0 Å². The molecule has 2 aromatic rings. The Balaban J connectivity index is 2.31. The number of hydrogen-bond acceptors (Lipinski definition) is 6. The first-order valence-electron chi connectivity index (χ1n) is 8.76. The van der Waals surface area contributed by atoms with Gasteiger partial charge in [0.25, 0.3) is 5.91 Å². The lowest BCUT2D eigenvalue weighted by Crippen LogP contribution is -3.06. The molecule has 1 aromatic carbocycles. The fourth-order valence-corrected chi connectivity index (χ4v) is 3.93. The smallest absolute Gasteiger partial charge is 0.341 e. The molecule has 0 saturated heterocycles. The van der Waals surface area contributed by atoms with Crippen LogP contribution in [0, 0.1) is 5.82 Å². The first-order valence-corrected chi connectivity index (χ1v) is 9.58. The SMILES string of the molecule is CCOC(=O)c1c(N)sc(C(=O)NC)c1C[NH+](C)Cc1ccc(OC)c(F)c1. The molecule has 2 rings (SSSR count). The number of halogens is 1. The number of benzene rings is 1. The highest BCUT2D eigenvalue weighted by atomic mass is 32.1. The van der Waals surface area contributed by atoms with E-state index in [1.165, 1.54) is 20.2 Å². The highest BCUT2D eigenvalue weighted by Gasteiger charge is 2.28. The van der Waals surface area contributed by atoms with Gasteiger partial charge in [0.2, 0.25) is 0 Å². The fourth-order valence-electron chi connectivity index (χ4n) is 2.91. The van der Waals surface area contributed by atoms with Gasteiger partial charge in [-0.15, -0.1) is 11.3 Å². The Morgan fingerprint density at radius 1 is 1.32 bits per heavy atom. The van der Waals surface area contributed by atoms with E-state index in [4.69, 9.17) is 15.2 Å². The number of carbonyl (C=O) groups excluding carboxylic acids is 2. The van der Waals surface area contributed by atoms with Crippen LogP contribution >= 0.6 is 11.3 Å². The largest absolute Gasteiger partial charge is 0.494 e. The molecular formula is C19H25FN3O4S+. The van der Waals surface area contributed by atoms with Crippen LogP contribution in [0.5, 0.6) is 5.75 Å². The third-order valence-electron chi connectivity index (χ3n) is 4.15. The second kappa shape index (κ2) is 9.52. The summed E-state index contributed by atoms with van der Waals surface area (Å²) in [6.07, 6.45) is 0. The van der Waals surface area contributed by atoms with Gasteiger partial charge in [-0.25, -0.2) is 9.18 Å². The number of nitrogens with two attached hydrogens (primary N) is 1. The Labute approximate surface area is 167 Å². The maximum atomic E-state index is 13.9. The molecule has 1 amide bonds. The molecular weight excluding hydrogens is 385 g/mol. The van der Waals surface area contributed by atoms with Crippen LogP contribution in [-0.4, -0.2) is 39.7 Å². The molecule has 7 nitrogen and oxygen atoms in total. The van der Waals surface area contributed by atoms with Crippen LogP contribution in [0.2, 0.25) is 0 Å². The van der Waals surface area contributed by atoms with Crippen molar-refractivity contribution < 1.29 is 28.4 Å². The number of hydrogen-bond donors (Lipinski definition) is 3. The average molecular weight is 410 g/mol. The van der Waals surface area contributed by atoms with Gasteiger partial charge in [-0.2, -0.15) is 0 Å². The van der Waals surface area contributed by atoms with Crippen LogP contribution in [0.15, 0.2) is 18.2 Å². The molecule has 0 radical (unpaired) electrons. The number of carbonyl (C=O) groups is 2. The highest BCUT2D eigenvalue weighted by molar-refractivity contribution is 7.18. The van der Waals surface area contributed by atoms with E-state index in [2.05, 4.69) is 5.32 Å².